The Hall–Kier alpha value is -3.71. The van der Waals surface area contributed by atoms with Crippen molar-refractivity contribution in [3.63, 3.8) is 0 Å². The predicted octanol–water partition coefficient (Wildman–Crippen LogP) is 15.7. The third-order valence-corrected chi connectivity index (χ3v) is 18.7. The fourth-order valence-electron chi connectivity index (χ4n) is 6.50. The maximum absolute atomic E-state index is 16.5. The van der Waals surface area contributed by atoms with E-state index in [1.165, 1.54) is 80.6 Å². The van der Waals surface area contributed by atoms with E-state index in [1.54, 1.807) is 47.2 Å². The lowest BCUT2D eigenvalue weighted by Gasteiger charge is -2.26. The summed E-state index contributed by atoms with van der Waals surface area (Å²) in [6, 6.07) is 24.6. The Balaban J connectivity index is 1.25. The second-order valence-corrected chi connectivity index (χ2v) is 20.8. The fourth-order valence-corrected chi connectivity index (χ4v) is 14.9. The second-order valence-electron chi connectivity index (χ2n) is 12.3. The van der Waals surface area contributed by atoms with Crippen molar-refractivity contribution in [3.05, 3.63) is 115 Å². The van der Waals surface area contributed by atoms with E-state index in [0.717, 1.165) is 42.2 Å². The van der Waals surface area contributed by atoms with Gasteiger partial charge in [-0.3, -0.25) is 0 Å². The van der Waals surface area contributed by atoms with Crippen LogP contribution in [0.1, 0.15) is 37.4 Å². The highest BCUT2D eigenvalue weighted by molar-refractivity contribution is 8.02. The number of nitrogens with zero attached hydrogens (tertiary/aromatic N) is 2. The summed E-state index contributed by atoms with van der Waals surface area (Å²) in [7, 11) is 0. The zero-order chi connectivity index (χ0) is 38.3. The van der Waals surface area contributed by atoms with E-state index in [2.05, 4.69) is 12.1 Å². The number of nitriles is 2. The molecule has 1 aliphatic heterocycles. The molecule has 7 aromatic rings. The number of thioether (sulfide) groups is 1. The van der Waals surface area contributed by atoms with E-state index in [0.29, 0.717) is 45.4 Å². The SMILES string of the molecule is N#Cc1ccc(-c2ccc(-c3cc(C4=C(c5cc(-c6ccc(-c7ccc(C#N)s7)s6)sc5C5CC=CS5)C(F)(F)C(F)(F)C4(F)F)c(-c4cccs4)s3)s2)s1. The summed E-state index contributed by atoms with van der Waals surface area (Å²) >= 11 is 10.1. The molecule has 0 aromatic carbocycles. The molecule has 2 aliphatic rings. The van der Waals surface area contributed by atoms with Crippen LogP contribution in [-0.4, -0.2) is 17.8 Å². The Morgan fingerprint density at radius 3 is 1.58 bits per heavy atom. The van der Waals surface area contributed by atoms with Crippen molar-refractivity contribution in [2.24, 2.45) is 0 Å². The molecule has 16 heteroatoms. The van der Waals surface area contributed by atoms with Gasteiger partial charge in [-0.2, -0.15) is 36.9 Å². The van der Waals surface area contributed by atoms with Crippen LogP contribution in [0.25, 0.3) is 59.9 Å². The quantitative estimate of drug-likeness (QED) is 0.143. The first-order chi connectivity index (χ1) is 26.4. The van der Waals surface area contributed by atoms with Gasteiger partial charge in [0, 0.05) is 76.3 Å². The normalized spacial score (nSPS) is 18.3. The number of alkyl halides is 6. The Kier molecular flexibility index (Phi) is 9.22. The lowest BCUT2D eigenvalue weighted by Crippen LogP contribution is -2.48. The van der Waals surface area contributed by atoms with Gasteiger partial charge in [0.15, 0.2) is 0 Å². The number of allylic oxidation sites excluding steroid dienone is 3. The molecule has 0 saturated heterocycles. The Morgan fingerprint density at radius 2 is 1.07 bits per heavy atom. The summed E-state index contributed by atoms with van der Waals surface area (Å²) in [5, 5.41) is 21.7. The van der Waals surface area contributed by atoms with Crippen LogP contribution in [0, 0.1) is 22.7 Å². The predicted molar refractivity (Wildman–Crippen MR) is 220 cm³/mol. The Bertz CT molecular complexity index is 2740. The molecule has 0 saturated carbocycles. The van der Waals surface area contributed by atoms with Crippen LogP contribution >= 0.6 is 91.1 Å². The number of hydrogen-bond donors (Lipinski definition) is 0. The van der Waals surface area contributed by atoms with Crippen LogP contribution in [0.4, 0.5) is 26.3 Å². The molecule has 9 rings (SSSR count). The summed E-state index contributed by atoms with van der Waals surface area (Å²) in [5.74, 6) is -16.2. The van der Waals surface area contributed by atoms with E-state index in [1.807, 2.05) is 30.3 Å². The Labute approximate surface area is 342 Å². The zero-order valence-electron chi connectivity index (χ0n) is 27.4. The molecule has 274 valence electrons. The maximum atomic E-state index is 16.5. The topological polar surface area (TPSA) is 47.6 Å². The number of hydrogen-bond acceptors (Lipinski definition) is 10. The van der Waals surface area contributed by atoms with Crippen molar-refractivity contribution >= 4 is 102 Å². The molecular formula is C39H18F6N2S8. The largest absolute Gasteiger partial charge is 0.380 e. The summed E-state index contributed by atoms with van der Waals surface area (Å²) in [5.41, 5.74) is -3.36. The first-order valence-corrected chi connectivity index (χ1v) is 22.9. The smallest absolute Gasteiger partial charge is 0.194 e. The summed E-state index contributed by atoms with van der Waals surface area (Å²) < 4.78 is 97.8. The highest BCUT2D eigenvalue weighted by atomic mass is 32.2. The minimum Gasteiger partial charge on any atom is -0.194 e. The van der Waals surface area contributed by atoms with E-state index in [4.69, 9.17) is 0 Å². The number of halogens is 6. The van der Waals surface area contributed by atoms with Gasteiger partial charge in [0.05, 0.1) is 4.88 Å². The third kappa shape index (κ3) is 5.96. The van der Waals surface area contributed by atoms with Gasteiger partial charge in [-0.1, -0.05) is 12.1 Å². The third-order valence-electron chi connectivity index (χ3n) is 9.04. The first-order valence-electron chi connectivity index (χ1n) is 16.1. The van der Waals surface area contributed by atoms with Gasteiger partial charge < -0.3 is 0 Å². The average molecular weight is 885 g/mol. The lowest BCUT2D eigenvalue weighted by molar-refractivity contribution is -0.254. The molecule has 2 nitrogen and oxygen atoms in total. The molecule has 0 bridgehead atoms. The van der Waals surface area contributed by atoms with E-state index in [9.17, 15) is 10.5 Å². The van der Waals surface area contributed by atoms with Crippen molar-refractivity contribution in [2.45, 2.75) is 29.4 Å². The molecule has 7 aromatic heterocycles. The first kappa shape index (κ1) is 36.9. The average Bonchev–Trinajstić information content (AvgIpc) is 4.02. The molecule has 0 spiro atoms. The highest BCUT2D eigenvalue weighted by Gasteiger charge is 2.80. The van der Waals surface area contributed by atoms with Crippen molar-refractivity contribution in [1.82, 2.24) is 0 Å². The van der Waals surface area contributed by atoms with Gasteiger partial charge in [-0.25, -0.2) is 0 Å². The fraction of sp³-hybridized carbons (Fsp3) is 0.128. The molecular weight excluding hydrogens is 867 g/mol. The lowest BCUT2D eigenvalue weighted by atomic mass is 9.93. The number of thiophene rings is 7. The van der Waals surface area contributed by atoms with Gasteiger partial charge >= 0.3 is 17.8 Å². The van der Waals surface area contributed by atoms with Gasteiger partial charge in [0.1, 0.15) is 21.9 Å². The molecule has 0 radical (unpaired) electrons. The minimum atomic E-state index is -5.72. The van der Waals surface area contributed by atoms with E-state index < -0.39 is 34.2 Å². The molecule has 0 N–H and O–H groups in total. The van der Waals surface area contributed by atoms with Crippen molar-refractivity contribution in [2.75, 3.05) is 0 Å². The Morgan fingerprint density at radius 1 is 0.564 bits per heavy atom. The van der Waals surface area contributed by atoms with Crippen LogP contribution in [0.3, 0.4) is 0 Å². The molecule has 8 heterocycles. The minimum absolute atomic E-state index is 0.202. The maximum Gasteiger partial charge on any atom is 0.380 e. The van der Waals surface area contributed by atoms with Crippen LogP contribution < -0.4 is 0 Å². The zero-order valence-corrected chi connectivity index (χ0v) is 33.9. The number of rotatable bonds is 8. The van der Waals surface area contributed by atoms with Crippen LogP contribution in [-0.2, 0) is 0 Å². The molecule has 1 unspecified atom stereocenters. The monoisotopic (exact) mass is 884 g/mol. The van der Waals surface area contributed by atoms with Crippen molar-refractivity contribution in [3.8, 4) is 60.9 Å². The molecule has 1 atom stereocenters. The van der Waals surface area contributed by atoms with Gasteiger partial charge in [-0.15, -0.1) is 91.1 Å². The summed E-state index contributed by atoms with van der Waals surface area (Å²) in [6.07, 6.45) is 2.27. The van der Waals surface area contributed by atoms with E-state index >= 15 is 26.3 Å². The second kappa shape index (κ2) is 13.7. The van der Waals surface area contributed by atoms with E-state index in [-0.39, 0.29) is 16.0 Å². The van der Waals surface area contributed by atoms with Gasteiger partial charge in [0.2, 0.25) is 0 Å². The van der Waals surface area contributed by atoms with Crippen LogP contribution in [0.15, 0.2) is 89.7 Å². The molecule has 55 heavy (non-hydrogen) atoms. The standard InChI is InChI=1S/C39H18F6N2S8/c40-37(41)33(21-15-31(54-35(21)29-3-1-13-48-29)27-11-9-25(52-27)23-7-5-19(17-46)50-23)34(38(42,43)39(37,44)45)22-16-32(55-36(22)30-4-2-14-49-30)28-12-10-26(53-28)24-8-6-20(18-47)51-24/h1-3,5-16,30H,4H2. The van der Waals surface area contributed by atoms with Gasteiger partial charge in [-0.05, 0) is 83.9 Å². The highest BCUT2D eigenvalue weighted by Crippen LogP contribution is 2.68. The van der Waals surface area contributed by atoms with Crippen LogP contribution in [0.2, 0.25) is 0 Å². The molecule has 0 amide bonds. The molecule has 1 aliphatic carbocycles. The van der Waals surface area contributed by atoms with Crippen molar-refractivity contribution in [1.29, 1.82) is 10.5 Å². The molecule has 0 fully saturated rings. The van der Waals surface area contributed by atoms with Crippen LogP contribution in [0.5, 0.6) is 0 Å². The summed E-state index contributed by atoms with van der Waals surface area (Å²) in [4.78, 5) is 7.64. The van der Waals surface area contributed by atoms with Crippen molar-refractivity contribution < 1.29 is 26.3 Å². The summed E-state index contributed by atoms with van der Waals surface area (Å²) in [6.45, 7) is 0. The van der Waals surface area contributed by atoms with Gasteiger partial charge in [0.25, 0.3) is 0 Å².